The molecule has 1 atom stereocenters. The second kappa shape index (κ2) is 5.77. The largest absolute Gasteiger partial charge is 0.548 e. The molecule has 0 radical (unpaired) electrons. The first kappa shape index (κ1) is 12.0. The quantitative estimate of drug-likeness (QED) is 0.760. The van der Waals surface area contributed by atoms with Gasteiger partial charge in [-0.25, -0.2) is 4.98 Å². The summed E-state index contributed by atoms with van der Waals surface area (Å²) in [6.07, 6.45) is 4.84. The average molecular weight is 242 g/mol. The van der Waals surface area contributed by atoms with Crippen LogP contribution in [0.1, 0.15) is 11.3 Å². The minimum atomic E-state index is -1.19. The number of imidazole rings is 1. The summed E-state index contributed by atoms with van der Waals surface area (Å²) in [6.45, 7) is 0. The van der Waals surface area contributed by atoms with E-state index in [1.165, 1.54) is 12.5 Å². The topological polar surface area (TPSA) is 81.2 Å². The number of aromatic nitrogens is 2. The van der Waals surface area contributed by atoms with Crippen molar-refractivity contribution in [3.63, 3.8) is 0 Å². The summed E-state index contributed by atoms with van der Waals surface area (Å²) in [6, 6.07) is 8.44. The molecular weight excluding hydrogens is 230 g/mol. The molecule has 0 aliphatic carbocycles. The number of carbonyl (C=O) groups excluding carboxylic acids is 1. The predicted octanol–water partition coefficient (Wildman–Crippen LogP) is 0.190. The highest BCUT2D eigenvalue weighted by atomic mass is 16.4. The zero-order valence-electron chi connectivity index (χ0n) is 9.61. The summed E-state index contributed by atoms with van der Waals surface area (Å²) in [5.41, 5.74) is 1.57. The van der Waals surface area contributed by atoms with Crippen LogP contribution in [-0.2, 0) is 11.2 Å². The fourth-order valence-corrected chi connectivity index (χ4v) is 1.54. The highest BCUT2D eigenvalue weighted by Crippen LogP contribution is 2.05. The van der Waals surface area contributed by atoms with E-state index in [2.05, 4.69) is 15.0 Å². The van der Waals surface area contributed by atoms with Gasteiger partial charge < -0.3 is 14.9 Å². The van der Waals surface area contributed by atoms with Gasteiger partial charge in [-0.05, 0) is 5.56 Å². The van der Waals surface area contributed by atoms with E-state index in [0.29, 0.717) is 12.1 Å². The normalized spacial score (nSPS) is 12.7. The smallest absolute Gasteiger partial charge is 0.0934 e. The molecule has 0 saturated heterocycles. The molecule has 0 amide bonds. The summed E-state index contributed by atoms with van der Waals surface area (Å²) < 4.78 is 0. The molecule has 5 heteroatoms. The third-order valence-corrected chi connectivity index (χ3v) is 2.46. The molecule has 92 valence electrons. The lowest BCUT2D eigenvalue weighted by molar-refractivity contribution is -0.307. The first-order valence-corrected chi connectivity index (χ1v) is 5.52. The summed E-state index contributed by atoms with van der Waals surface area (Å²) in [4.78, 5) is 21.7. The Balaban J connectivity index is 2.07. The van der Waals surface area contributed by atoms with Gasteiger partial charge in [0.1, 0.15) is 0 Å². The number of aromatic amines is 1. The molecule has 5 nitrogen and oxygen atoms in total. The SMILES string of the molecule is O=C([O-])[C@H](Cc1ccccc1)N=Cc1cnc[nH]1. The van der Waals surface area contributed by atoms with Crippen LogP contribution < -0.4 is 5.11 Å². The van der Waals surface area contributed by atoms with Crippen molar-refractivity contribution in [3.05, 3.63) is 54.1 Å². The van der Waals surface area contributed by atoms with Gasteiger partial charge >= 0.3 is 0 Å². The Hall–Kier alpha value is -2.43. The van der Waals surface area contributed by atoms with E-state index in [9.17, 15) is 9.90 Å². The zero-order valence-corrected chi connectivity index (χ0v) is 9.61. The van der Waals surface area contributed by atoms with Gasteiger partial charge in [0.2, 0.25) is 0 Å². The van der Waals surface area contributed by atoms with Crippen LogP contribution in [0.2, 0.25) is 0 Å². The fraction of sp³-hybridized carbons (Fsp3) is 0.154. The van der Waals surface area contributed by atoms with Crippen LogP contribution >= 0.6 is 0 Å². The minimum Gasteiger partial charge on any atom is -0.548 e. The van der Waals surface area contributed by atoms with Gasteiger partial charge in [0.25, 0.3) is 0 Å². The molecule has 1 aromatic heterocycles. The van der Waals surface area contributed by atoms with Gasteiger partial charge in [-0.1, -0.05) is 30.3 Å². The van der Waals surface area contributed by atoms with Gasteiger partial charge in [-0.3, -0.25) is 4.99 Å². The van der Waals surface area contributed by atoms with E-state index >= 15 is 0 Å². The Morgan fingerprint density at radius 3 is 2.83 bits per heavy atom. The molecule has 1 heterocycles. The maximum Gasteiger partial charge on any atom is 0.0934 e. The number of aliphatic carboxylic acids is 1. The van der Waals surface area contributed by atoms with E-state index in [1.54, 1.807) is 6.20 Å². The number of hydrogen-bond donors (Lipinski definition) is 1. The van der Waals surface area contributed by atoms with Crippen LogP contribution in [-0.4, -0.2) is 28.2 Å². The van der Waals surface area contributed by atoms with Crippen molar-refractivity contribution in [1.29, 1.82) is 0 Å². The lowest BCUT2D eigenvalue weighted by Gasteiger charge is -2.13. The molecule has 0 bridgehead atoms. The molecule has 0 fully saturated rings. The number of carboxylic acids is 1. The first-order chi connectivity index (χ1) is 8.75. The van der Waals surface area contributed by atoms with Crippen LogP contribution in [0.3, 0.4) is 0 Å². The van der Waals surface area contributed by atoms with Gasteiger partial charge in [-0.2, -0.15) is 0 Å². The van der Waals surface area contributed by atoms with E-state index in [0.717, 1.165) is 5.56 Å². The Morgan fingerprint density at radius 2 is 2.22 bits per heavy atom. The van der Waals surface area contributed by atoms with E-state index in [4.69, 9.17) is 0 Å². The summed E-state index contributed by atoms with van der Waals surface area (Å²) in [5, 5.41) is 11.0. The van der Waals surface area contributed by atoms with Crippen LogP contribution in [0.4, 0.5) is 0 Å². The van der Waals surface area contributed by atoms with Crippen molar-refractivity contribution >= 4 is 12.2 Å². The maximum absolute atomic E-state index is 11.0. The van der Waals surface area contributed by atoms with E-state index in [-0.39, 0.29) is 0 Å². The molecule has 0 spiro atoms. The molecule has 2 rings (SSSR count). The number of nitrogens with one attached hydrogen (secondary N) is 1. The van der Waals surface area contributed by atoms with Crippen LogP contribution in [0.5, 0.6) is 0 Å². The van der Waals surface area contributed by atoms with Crippen LogP contribution in [0.15, 0.2) is 47.8 Å². The molecule has 18 heavy (non-hydrogen) atoms. The summed E-state index contributed by atoms with van der Waals surface area (Å²) in [5.74, 6) is -1.19. The second-order valence-corrected chi connectivity index (χ2v) is 3.81. The predicted molar refractivity (Wildman–Crippen MR) is 65.1 cm³/mol. The highest BCUT2D eigenvalue weighted by molar-refractivity contribution is 5.80. The van der Waals surface area contributed by atoms with Crippen LogP contribution in [0, 0.1) is 0 Å². The molecule has 0 unspecified atom stereocenters. The van der Waals surface area contributed by atoms with E-state index in [1.807, 2.05) is 30.3 Å². The van der Waals surface area contributed by atoms with Crippen molar-refractivity contribution in [2.75, 3.05) is 0 Å². The summed E-state index contributed by atoms with van der Waals surface area (Å²) in [7, 11) is 0. The number of hydrogen-bond acceptors (Lipinski definition) is 4. The van der Waals surface area contributed by atoms with Gasteiger partial charge in [0, 0.05) is 12.6 Å². The lowest BCUT2D eigenvalue weighted by Crippen LogP contribution is -2.36. The molecule has 1 N–H and O–H groups in total. The molecule has 0 aliphatic rings. The van der Waals surface area contributed by atoms with Gasteiger partial charge in [-0.15, -0.1) is 0 Å². The van der Waals surface area contributed by atoms with E-state index < -0.39 is 12.0 Å². The Morgan fingerprint density at radius 1 is 1.44 bits per heavy atom. The molecule has 0 aliphatic heterocycles. The highest BCUT2D eigenvalue weighted by Gasteiger charge is 2.08. The monoisotopic (exact) mass is 242 g/mol. The first-order valence-electron chi connectivity index (χ1n) is 5.52. The molecule has 1 aromatic carbocycles. The third-order valence-electron chi connectivity index (χ3n) is 2.46. The van der Waals surface area contributed by atoms with Crippen molar-refractivity contribution in [1.82, 2.24) is 9.97 Å². The van der Waals surface area contributed by atoms with Crippen LogP contribution in [0.25, 0.3) is 0 Å². The van der Waals surface area contributed by atoms with Gasteiger partial charge in [0.05, 0.1) is 30.2 Å². The Labute approximate surface area is 104 Å². The summed E-state index contributed by atoms with van der Waals surface area (Å²) >= 11 is 0. The Kier molecular flexibility index (Phi) is 3.86. The molecular formula is C13H12N3O2-. The number of H-pyrrole nitrogens is 1. The fourth-order valence-electron chi connectivity index (χ4n) is 1.54. The number of aliphatic imine (C=N–C) groups is 1. The zero-order chi connectivity index (χ0) is 12.8. The standard InChI is InChI=1S/C13H13N3O2/c17-13(18)12(6-10-4-2-1-3-5-10)15-8-11-7-14-9-16-11/h1-5,7-9,12H,6H2,(H,14,16)(H,17,18)/p-1/t12-/m0/s1. The Bertz CT molecular complexity index is 520. The number of nitrogens with zero attached hydrogens (tertiary/aromatic N) is 2. The van der Waals surface area contributed by atoms with Crippen molar-refractivity contribution in [2.45, 2.75) is 12.5 Å². The minimum absolute atomic E-state index is 0.313. The molecule has 0 saturated carbocycles. The second-order valence-electron chi connectivity index (χ2n) is 3.81. The lowest BCUT2D eigenvalue weighted by atomic mass is 10.1. The average Bonchev–Trinajstić information content (AvgIpc) is 2.88. The van der Waals surface area contributed by atoms with Gasteiger partial charge in [0.15, 0.2) is 0 Å². The van der Waals surface area contributed by atoms with Crippen molar-refractivity contribution in [3.8, 4) is 0 Å². The van der Waals surface area contributed by atoms with Crippen molar-refractivity contribution in [2.24, 2.45) is 4.99 Å². The number of carboxylic acid groups (broad SMARTS) is 1. The van der Waals surface area contributed by atoms with Crippen molar-refractivity contribution < 1.29 is 9.90 Å². The third kappa shape index (κ3) is 3.28. The molecule has 2 aromatic rings. The number of benzene rings is 1. The maximum atomic E-state index is 11.0. The number of carbonyl (C=O) groups is 1. The number of rotatable bonds is 5.